The van der Waals surface area contributed by atoms with Crippen molar-refractivity contribution >= 4 is 75.8 Å². The zero-order valence-electron chi connectivity index (χ0n) is 46.7. The summed E-state index contributed by atoms with van der Waals surface area (Å²) in [6, 6.07) is 4.52. The first kappa shape index (κ1) is 64.9. The fraction of sp³-hybridized carbons (Fsp3) is 0.611. The molecule has 2 aromatic carbocycles. The number of hydrogen-bond donors (Lipinski definition) is 11. The number of nitrogens with one attached hydrogen (secondary N) is 8. The van der Waals surface area contributed by atoms with Crippen LogP contribution in [0.3, 0.4) is 0 Å². The minimum absolute atomic E-state index is 0.0315. The second kappa shape index (κ2) is 32.4. The summed E-state index contributed by atoms with van der Waals surface area (Å²) in [4.78, 5) is 142. The standard InChI is InChI=1S/C54H85N13O11/c1-10-17-38(47(72)64-45(32(6)11-2)51(76)62-39(20-15-24-58-54(55)56)53(78)67-25-16-21-42(67)50(75)57-12-3)61-52(77)46(33(7)68)65-49(74)40(26-31(4)5)63-48(73)41(28-35-22-23-36-18-13-14-19-37(36)27-35)60-43(70)29-59-44(71)30-66(9)34(8)69/h13-14,18-19,22-23,27,31-33,38-42,45-46,68H,10-12,15-17,20-21,24-26,28-30H2,1-9H3,(H,57,75)(H,59,71)(H,60,70)(H,61,77)(H,62,76)(H,63,73)(H,64,72)(H,65,74)(H4,55,56,58)/t32-,33+,38-,39-,40+,41-,42-,45-,46-/m0/s1. The van der Waals surface area contributed by atoms with Crippen molar-refractivity contribution in [3.63, 3.8) is 0 Å². The van der Waals surface area contributed by atoms with Crippen LogP contribution >= 0.6 is 0 Å². The van der Waals surface area contributed by atoms with Gasteiger partial charge in [0, 0.05) is 40.0 Å². The van der Waals surface area contributed by atoms with Gasteiger partial charge in [0.1, 0.15) is 42.3 Å². The fourth-order valence-electron chi connectivity index (χ4n) is 8.84. The van der Waals surface area contributed by atoms with E-state index in [1.54, 1.807) is 40.7 Å². The van der Waals surface area contributed by atoms with Gasteiger partial charge in [-0.05, 0) is 80.5 Å². The number of fused-ring (bicyclic) bond motifs is 1. The summed E-state index contributed by atoms with van der Waals surface area (Å²) in [6.45, 7) is 13.2. The van der Waals surface area contributed by atoms with Gasteiger partial charge in [-0.3, -0.25) is 52.9 Å². The van der Waals surface area contributed by atoms with Gasteiger partial charge in [0.15, 0.2) is 5.96 Å². The molecule has 2 aromatic rings. The van der Waals surface area contributed by atoms with Gasteiger partial charge in [-0.15, -0.1) is 0 Å². The number of amides is 10. The highest BCUT2D eigenvalue weighted by atomic mass is 16.3. The topological polar surface area (TPSA) is 358 Å². The van der Waals surface area contributed by atoms with Gasteiger partial charge in [-0.1, -0.05) is 89.9 Å². The van der Waals surface area contributed by atoms with E-state index in [0.29, 0.717) is 50.8 Å². The van der Waals surface area contributed by atoms with E-state index in [4.69, 9.17) is 11.5 Å². The van der Waals surface area contributed by atoms with Gasteiger partial charge in [-0.25, -0.2) is 0 Å². The maximum Gasteiger partial charge on any atom is 0.245 e. The van der Waals surface area contributed by atoms with E-state index < -0.39 is 108 Å². The first-order chi connectivity index (χ1) is 36.9. The normalized spacial score (nSPS) is 16.1. The van der Waals surface area contributed by atoms with Crippen molar-refractivity contribution in [1.82, 2.24) is 52.3 Å². The van der Waals surface area contributed by atoms with E-state index >= 15 is 0 Å². The zero-order chi connectivity index (χ0) is 58.2. The van der Waals surface area contributed by atoms with Gasteiger partial charge >= 0.3 is 0 Å². The van der Waals surface area contributed by atoms with Crippen LogP contribution in [0, 0.1) is 11.8 Å². The number of likely N-dealkylation sites (N-methyl/N-ethyl adjacent to an activating group) is 2. The lowest BCUT2D eigenvalue weighted by molar-refractivity contribution is -0.142. The second-order valence-electron chi connectivity index (χ2n) is 20.4. The molecule has 0 radical (unpaired) electrons. The quantitative estimate of drug-likeness (QED) is 0.0254. The highest BCUT2D eigenvalue weighted by Crippen LogP contribution is 2.21. The highest BCUT2D eigenvalue weighted by molar-refractivity contribution is 5.98. The molecule has 24 heteroatoms. The number of aliphatic hydroxyl groups excluding tert-OH is 1. The summed E-state index contributed by atoms with van der Waals surface area (Å²) in [7, 11) is 1.43. The molecule has 1 saturated heterocycles. The van der Waals surface area contributed by atoms with Crippen LogP contribution in [0.1, 0.15) is 112 Å². The van der Waals surface area contributed by atoms with E-state index in [1.165, 1.54) is 25.8 Å². The molecule has 3 rings (SSSR count). The van der Waals surface area contributed by atoms with Crippen LogP contribution in [0.25, 0.3) is 10.8 Å². The third kappa shape index (κ3) is 20.9. The summed E-state index contributed by atoms with van der Waals surface area (Å²) in [6.07, 6.45) is 0.788. The summed E-state index contributed by atoms with van der Waals surface area (Å²) in [5.41, 5.74) is 11.7. The van der Waals surface area contributed by atoms with Crippen molar-refractivity contribution in [2.24, 2.45) is 28.3 Å². The highest BCUT2D eigenvalue weighted by Gasteiger charge is 2.40. The molecular weight excluding hydrogens is 1010 g/mol. The monoisotopic (exact) mass is 1090 g/mol. The number of rotatable bonds is 31. The molecule has 0 aliphatic carbocycles. The van der Waals surface area contributed by atoms with Crippen LogP contribution in [0.4, 0.5) is 0 Å². The number of aliphatic imine (C=N–C) groups is 1. The Labute approximate surface area is 457 Å². The summed E-state index contributed by atoms with van der Waals surface area (Å²) in [5.74, 6) is -7.29. The summed E-state index contributed by atoms with van der Waals surface area (Å²) in [5, 5.41) is 34.1. The van der Waals surface area contributed by atoms with Gasteiger partial charge in [0.2, 0.25) is 59.1 Å². The maximum absolute atomic E-state index is 14.3. The van der Waals surface area contributed by atoms with Crippen LogP contribution in [0.5, 0.6) is 0 Å². The molecule has 24 nitrogen and oxygen atoms in total. The first-order valence-corrected chi connectivity index (χ1v) is 27.0. The van der Waals surface area contributed by atoms with Crippen LogP contribution in [-0.4, -0.2) is 168 Å². The molecule has 78 heavy (non-hydrogen) atoms. The minimum Gasteiger partial charge on any atom is -0.391 e. The van der Waals surface area contributed by atoms with Crippen LogP contribution < -0.4 is 54.0 Å². The first-order valence-electron chi connectivity index (χ1n) is 27.0. The Morgan fingerprint density at radius 2 is 1.35 bits per heavy atom. The molecule has 9 atom stereocenters. The number of hydrogen-bond acceptors (Lipinski definition) is 12. The van der Waals surface area contributed by atoms with Crippen molar-refractivity contribution in [2.75, 3.05) is 39.8 Å². The Balaban J connectivity index is 1.84. The van der Waals surface area contributed by atoms with E-state index in [1.807, 2.05) is 43.3 Å². The second-order valence-corrected chi connectivity index (χ2v) is 20.4. The number of nitrogens with two attached hydrogens (primary N) is 2. The number of aliphatic hydroxyl groups is 1. The van der Waals surface area contributed by atoms with E-state index in [0.717, 1.165) is 15.7 Å². The minimum atomic E-state index is -1.65. The third-order valence-corrected chi connectivity index (χ3v) is 13.4. The van der Waals surface area contributed by atoms with Crippen LogP contribution in [-0.2, 0) is 54.4 Å². The van der Waals surface area contributed by atoms with Crippen molar-refractivity contribution in [2.45, 2.75) is 162 Å². The number of guanidine groups is 1. The van der Waals surface area contributed by atoms with Gasteiger partial charge in [0.05, 0.1) is 19.2 Å². The molecule has 0 aromatic heterocycles. The number of nitrogens with zero attached hydrogens (tertiary/aromatic N) is 3. The Morgan fingerprint density at radius 1 is 0.731 bits per heavy atom. The average molecular weight is 1090 g/mol. The van der Waals surface area contributed by atoms with E-state index in [-0.39, 0.29) is 62.5 Å². The lowest BCUT2D eigenvalue weighted by Crippen LogP contribution is -2.62. The molecule has 13 N–H and O–H groups in total. The third-order valence-electron chi connectivity index (χ3n) is 13.4. The molecular formula is C54H85N13O11. The molecule has 1 heterocycles. The molecule has 1 aliphatic rings. The predicted molar refractivity (Wildman–Crippen MR) is 294 cm³/mol. The smallest absolute Gasteiger partial charge is 0.245 e. The summed E-state index contributed by atoms with van der Waals surface area (Å²) >= 11 is 0. The van der Waals surface area contributed by atoms with E-state index in [2.05, 4.69) is 47.5 Å². The lowest BCUT2D eigenvalue weighted by Gasteiger charge is -2.31. The Bertz CT molecular complexity index is 2430. The van der Waals surface area contributed by atoms with Gasteiger partial charge in [-0.2, -0.15) is 0 Å². The van der Waals surface area contributed by atoms with Gasteiger partial charge < -0.3 is 68.9 Å². The van der Waals surface area contributed by atoms with Crippen molar-refractivity contribution in [3.8, 4) is 0 Å². The molecule has 1 aliphatic heterocycles. The van der Waals surface area contributed by atoms with Crippen LogP contribution in [0.15, 0.2) is 47.5 Å². The van der Waals surface area contributed by atoms with E-state index in [9.17, 15) is 53.1 Å². The molecule has 432 valence electrons. The number of carbonyl (C=O) groups is 10. The Hall–Kier alpha value is -7.37. The van der Waals surface area contributed by atoms with Crippen molar-refractivity contribution in [1.29, 1.82) is 0 Å². The summed E-state index contributed by atoms with van der Waals surface area (Å²) < 4.78 is 0. The number of carbonyl (C=O) groups excluding carboxylic acids is 10. The van der Waals surface area contributed by atoms with Crippen LogP contribution in [0.2, 0.25) is 0 Å². The largest absolute Gasteiger partial charge is 0.391 e. The molecule has 0 bridgehead atoms. The van der Waals surface area contributed by atoms with Crippen molar-refractivity contribution < 1.29 is 53.1 Å². The lowest BCUT2D eigenvalue weighted by atomic mass is 9.96. The number of benzene rings is 2. The maximum atomic E-state index is 14.3. The molecule has 10 amide bonds. The van der Waals surface area contributed by atoms with Gasteiger partial charge in [0.25, 0.3) is 0 Å². The molecule has 0 unspecified atom stereocenters. The SMILES string of the molecule is CCC[C@H](NC(=O)[C@@H](NC(=O)[C@@H](CC(C)C)NC(=O)[C@H](Cc1ccc2ccccc2c1)NC(=O)CNC(=O)CN(C)C(C)=O)[C@@H](C)O)C(=O)N[C@H](C(=O)N[C@@H](CCCN=C(N)N)C(=O)N1CCC[C@H]1C(=O)NCC)[C@@H](C)CC. The molecule has 0 saturated carbocycles. The number of likely N-dealkylation sites (tertiary alicyclic amines) is 1. The molecule has 1 fully saturated rings. The Kier molecular flexibility index (Phi) is 27.0. The zero-order valence-corrected chi connectivity index (χ0v) is 46.7. The average Bonchev–Trinajstić information content (AvgIpc) is 3.90. The Morgan fingerprint density at radius 3 is 1.96 bits per heavy atom. The van der Waals surface area contributed by atoms with Crippen molar-refractivity contribution in [3.05, 3.63) is 48.0 Å². The molecule has 0 spiro atoms. The fourth-order valence-corrected chi connectivity index (χ4v) is 8.84. The predicted octanol–water partition coefficient (Wildman–Crippen LogP) is -0.661.